The fraction of sp³-hybridized carbons (Fsp3) is 0.385. The maximum Gasteiger partial charge on any atom is 0.0800 e. The largest absolute Gasteiger partial charge is 0.372 e. The number of hydrogen-bond donors (Lipinski definition) is 0. The Morgan fingerprint density at radius 2 is 1.76 bits per heavy atom. The van der Waals surface area contributed by atoms with E-state index in [9.17, 15) is 0 Å². The van der Waals surface area contributed by atoms with Crippen molar-refractivity contribution in [1.82, 2.24) is 15.0 Å². The second-order valence-corrected chi connectivity index (χ2v) is 3.99. The van der Waals surface area contributed by atoms with Gasteiger partial charge in [0, 0.05) is 18.8 Å². The lowest BCUT2D eigenvalue weighted by Crippen LogP contribution is -2.21. The molecule has 2 rings (SSSR count). The van der Waals surface area contributed by atoms with Crippen LogP contribution in [-0.2, 0) is 0 Å². The number of nitrogens with zero attached hydrogens (tertiary/aromatic N) is 4. The van der Waals surface area contributed by atoms with Gasteiger partial charge in [0.1, 0.15) is 0 Å². The van der Waals surface area contributed by atoms with Gasteiger partial charge in [0.05, 0.1) is 17.6 Å². The third kappa shape index (κ3) is 2.46. The summed E-state index contributed by atoms with van der Waals surface area (Å²) < 4.78 is 1.79. The van der Waals surface area contributed by atoms with E-state index in [1.54, 1.807) is 4.68 Å². The van der Waals surface area contributed by atoms with Gasteiger partial charge in [0.2, 0.25) is 0 Å². The van der Waals surface area contributed by atoms with E-state index in [0.29, 0.717) is 0 Å². The number of hydrogen-bond acceptors (Lipinski definition) is 3. The molecule has 2 aromatic rings. The van der Waals surface area contributed by atoms with E-state index in [1.165, 1.54) is 5.69 Å². The molecular weight excluding hydrogens is 212 g/mol. The molecule has 4 heteroatoms. The van der Waals surface area contributed by atoms with Crippen LogP contribution >= 0.6 is 0 Å². The Bertz CT molecular complexity index is 468. The van der Waals surface area contributed by atoms with Gasteiger partial charge in [-0.25, -0.2) is 4.68 Å². The molecular formula is C13H18N4. The molecule has 17 heavy (non-hydrogen) atoms. The predicted octanol–water partition coefficient (Wildman–Crippen LogP) is 2.42. The lowest BCUT2D eigenvalue weighted by atomic mass is 10.2. The highest BCUT2D eigenvalue weighted by Crippen LogP contribution is 2.16. The molecule has 0 saturated heterocycles. The van der Waals surface area contributed by atoms with Gasteiger partial charge in [-0.05, 0) is 45.0 Å². The van der Waals surface area contributed by atoms with E-state index < -0.39 is 0 Å². The van der Waals surface area contributed by atoms with Crippen LogP contribution in [0.3, 0.4) is 0 Å². The molecule has 0 saturated carbocycles. The highest BCUT2D eigenvalue weighted by Gasteiger charge is 2.03. The van der Waals surface area contributed by atoms with Gasteiger partial charge >= 0.3 is 0 Å². The minimum atomic E-state index is 0.929. The fourth-order valence-electron chi connectivity index (χ4n) is 1.88. The maximum absolute atomic E-state index is 4.05. The lowest BCUT2D eigenvalue weighted by Gasteiger charge is -2.21. The van der Waals surface area contributed by atoms with Crippen molar-refractivity contribution >= 4 is 5.69 Å². The first-order valence-corrected chi connectivity index (χ1v) is 5.99. The molecule has 0 aliphatic heterocycles. The van der Waals surface area contributed by atoms with Crippen molar-refractivity contribution in [3.05, 3.63) is 36.2 Å². The zero-order valence-electron chi connectivity index (χ0n) is 10.6. The van der Waals surface area contributed by atoms with Crippen LogP contribution in [0, 0.1) is 6.92 Å². The summed E-state index contributed by atoms with van der Waals surface area (Å²) in [5.74, 6) is 0. The van der Waals surface area contributed by atoms with Crippen molar-refractivity contribution in [2.24, 2.45) is 0 Å². The zero-order chi connectivity index (χ0) is 12.3. The zero-order valence-corrected chi connectivity index (χ0v) is 10.6. The van der Waals surface area contributed by atoms with Gasteiger partial charge in [-0.3, -0.25) is 0 Å². The standard InChI is InChI=1S/C13H18N4/c1-4-16(5-2)12-6-8-13(9-7-12)17-10-11(3)14-15-17/h6-10H,4-5H2,1-3H3. The minimum absolute atomic E-state index is 0.929. The SMILES string of the molecule is CCN(CC)c1ccc(-n2cc(C)nn2)cc1. The number of rotatable bonds is 4. The molecule has 90 valence electrons. The van der Waals surface area contributed by atoms with Crippen LogP contribution in [0.5, 0.6) is 0 Å². The molecule has 0 radical (unpaired) electrons. The second kappa shape index (κ2) is 4.99. The monoisotopic (exact) mass is 230 g/mol. The first kappa shape index (κ1) is 11.6. The molecule has 0 amide bonds. The average Bonchev–Trinajstić information content (AvgIpc) is 2.78. The summed E-state index contributed by atoms with van der Waals surface area (Å²) in [5, 5.41) is 8.04. The van der Waals surface area contributed by atoms with Crippen molar-refractivity contribution < 1.29 is 0 Å². The van der Waals surface area contributed by atoms with Crippen LogP contribution in [0.4, 0.5) is 5.69 Å². The second-order valence-electron chi connectivity index (χ2n) is 3.99. The quantitative estimate of drug-likeness (QED) is 0.809. The Hall–Kier alpha value is -1.84. The highest BCUT2D eigenvalue weighted by atomic mass is 15.4. The predicted molar refractivity (Wildman–Crippen MR) is 69.7 cm³/mol. The topological polar surface area (TPSA) is 34.0 Å². The van der Waals surface area contributed by atoms with Crippen LogP contribution in [-0.4, -0.2) is 28.1 Å². The van der Waals surface area contributed by atoms with Gasteiger partial charge in [-0.2, -0.15) is 0 Å². The molecule has 1 aromatic heterocycles. The first-order chi connectivity index (χ1) is 8.24. The average molecular weight is 230 g/mol. The molecule has 0 aliphatic rings. The van der Waals surface area contributed by atoms with Crippen molar-refractivity contribution in [3.8, 4) is 5.69 Å². The van der Waals surface area contributed by atoms with E-state index in [-0.39, 0.29) is 0 Å². The van der Waals surface area contributed by atoms with E-state index >= 15 is 0 Å². The van der Waals surface area contributed by atoms with Crippen LogP contribution < -0.4 is 4.90 Å². The minimum Gasteiger partial charge on any atom is -0.372 e. The Kier molecular flexibility index (Phi) is 3.42. The Balaban J connectivity index is 2.23. The third-order valence-electron chi connectivity index (χ3n) is 2.85. The summed E-state index contributed by atoms with van der Waals surface area (Å²) in [6.45, 7) is 8.32. The van der Waals surface area contributed by atoms with Crippen LogP contribution in [0.15, 0.2) is 30.5 Å². The van der Waals surface area contributed by atoms with Crippen LogP contribution in [0.25, 0.3) is 5.69 Å². The van der Waals surface area contributed by atoms with Crippen LogP contribution in [0.1, 0.15) is 19.5 Å². The van der Waals surface area contributed by atoms with Crippen molar-refractivity contribution in [2.45, 2.75) is 20.8 Å². The fourth-order valence-corrected chi connectivity index (χ4v) is 1.88. The van der Waals surface area contributed by atoms with E-state index in [0.717, 1.165) is 24.5 Å². The summed E-state index contributed by atoms with van der Waals surface area (Å²) in [4.78, 5) is 2.32. The highest BCUT2D eigenvalue weighted by molar-refractivity contribution is 5.50. The molecule has 0 atom stereocenters. The molecule has 0 bridgehead atoms. The number of aryl methyl sites for hydroxylation is 1. The van der Waals surface area contributed by atoms with Crippen molar-refractivity contribution in [2.75, 3.05) is 18.0 Å². The normalized spacial score (nSPS) is 10.5. The van der Waals surface area contributed by atoms with Gasteiger partial charge in [-0.1, -0.05) is 5.21 Å². The van der Waals surface area contributed by atoms with Gasteiger partial charge in [0.15, 0.2) is 0 Å². The summed E-state index contributed by atoms with van der Waals surface area (Å²) in [7, 11) is 0. The Morgan fingerprint density at radius 3 is 2.24 bits per heavy atom. The summed E-state index contributed by atoms with van der Waals surface area (Å²) in [6.07, 6.45) is 1.92. The van der Waals surface area contributed by atoms with Crippen molar-refractivity contribution in [1.29, 1.82) is 0 Å². The molecule has 4 nitrogen and oxygen atoms in total. The number of benzene rings is 1. The molecule has 1 heterocycles. The lowest BCUT2D eigenvalue weighted by molar-refractivity contribution is 0.799. The maximum atomic E-state index is 4.05. The van der Waals surface area contributed by atoms with Crippen molar-refractivity contribution in [3.63, 3.8) is 0 Å². The summed E-state index contributed by atoms with van der Waals surface area (Å²) >= 11 is 0. The van der Waals surface area contributed by atoms with E-state index in [2.05, 4.69) is 53.3 Å². The molecule has 0 unspecified atom stereocenters. The summed E-state index contributed by atoms with van der Waals surface area (Å²) in [5.41, 5.74) is 3.22. The summed E-state index contributed by atoms with van der Waals surface area (Å²) in [6, 6.07) is 8.39. The van der Waals surface area contributed by atoms with Gasteiger partial charge < -0.3 is 4.90 Å². The molecule has 0 spiro atoms. The molecule has 0 N–H and O–H groups in total. The number of aromatic nitrogens is 3. The Labute approximate surface area is 102 Å². The Morgan fingerprint density at radius 1 is 1.12 bits per heavy atom. The smallest absolute Gasteiger partial charge is 0.0800 e. The van der Waals surface area contributed by atoms with Gasteiger partial charge in [0.25, 0.3) is 0 Å². The van der Waals surface area contributed by atoms with E-state index in [1.807, 2.05) is 13.1 Å². The first-order valence-electron chi connectivity index (χ1n) is 5.99. The van der Waals surface area contributed by atoms with Crippen LogP contribution in [0.2, 0.25) is 0 Å². The molecule has 0 aliphatic carbocycles. The molecule has 0 fully saturated rings. The molecule has 1 aromatic carbocycles. The number of anilines is 1. The third-order valence-corrected chi connectivity index (χ3v) is 2.85. The van der Waals surface area contributed by atoms with Gasteiger partial charge in [-0.15, -0.1) is 5.10 Å². The van der Waals surface area contributed by atoms with E-state index in [4.69, 9.17) is 0 Å².